The molecule has 0 aliphatic carbocycles. The molecule has 0 spiro atoms. The molecule has 6 heteroatoms. The van der Waals surface area contributed by atoms with Crippen molar-refractivity contribution in [1.29, 1.82) is 0 Å². The van der Waals surface area contributed by atoms with Gasteiger partial charge in [0.05, 0.1) is 11.9 Å². The molecule has 0 bridgehead atoms. The van der Waals surface area contributed by atoms with E-state index in [1.807, 2.05) is 88.4 Å². The number of sulfonamides is 1. The molecule has 0 unspecified atom stereocenters. The molecule has 1 heterocycles. The van der Waals surface area contributed by atoms with Gasteiger partial charge in [-0.05, 0) is 24.0 Å². The minimum absolute atomic E-state index is 0.230. The Morgan fingerprint density at radius 2 is 1.38 bits per heavy atom. The summed E-state index contributed by atoms with van der Waals surface area (Å²) in [6.45, 7) is 9.10. The fourth-order valence-corrected chi connectivity index (χ4v) is 5.18. The van der Waals surface area contributed by atoms with E-state index in [4.69, 9.17) is 0 Å². The summed E-state index contributed by atoms with van der Waals surface area (Å²) < 4.78 is 30.7. The second-order valence-corrected chi connectivity index (χ2v) is 10.0. The molecule has 1 aromatic heterocycles. The number of hydrogen-bond acceptors (Lipinski definition) is 3. The number of hydrogen-bond donors (Lipinski definition) is 0. The second kappa shape index (κ2) is 8.93. The largest absolute Gasteiger partial charge is 0.246 e. The van der Waals surface area contributed by atoms with Crippen molar-refractivity contribution in [2.75, 3.05) is 13.1 Å². The van der Waals surface area contributed by atoms with Crippen LogP contribution in [0.25, 0.3) is 16.9 Å². The van der Waals surface area contributed by atoms with E-state index in [9.17, 15) is 8.42 Å². The van der Waals surface area contributed by atoms with Crippen LogP contribution in [-0.2, 0) is 10.0 Å². The van der Waals surface area contributed by atoms with Crippen molar-refractivity contribution in [2.24, 2.45) is 11.8 Å². The predicted octanol–water partition coefficient (Wildman–Crippen LogP) is 4.84. The summed E-state index contributed by atoms with van der Waals surface area (Å²) in [5.41, 5.74) is 2.09. The molecule has 3 rings (SSSR count). The maximum Gasteiger partial charge on any atom is 0.246 e. The van der Waals surface area contributed by atoms with E-state index in [1.54, 1.807) is 15.2 Å². The molecule has 0 N–H and O–H groups in total. The SMILES string of the molecule is CC(C)CN(CC(C)C)S(=O)(=O)c1cn(-c2ccccc2)nc1-c1ccccc1. The number of nitrogens with zero attached hydrogens (tertiary/aromatic N) is 3. The van der Waals surface area contributed by atoms with Gasteiger partial charge in [-0.25, -0.2) is 13.1 Å². The van der Waals surface area contributed by atoms with Crippen LogP contribution in [0.1, 0.15) is 27.7 Å². The number of benzene rings is 2. The van der Waals surface area contributed by atoms with Crippen molar-refractivity contribution < 1.29 is 8.42 Å². The topological polar surface area (TPSA) is 55.2 Å². The van der Waals surface area contributed by atoms with Gasteiger partial charge in [0.2, 0.25) is 10.0 Å². The first-order valence-corrected chi connectivity index (χ1v) is 11.4. The summed E-state index contributed by atoms with van der Waals surface area (Å²) in [5, 5.41) is 4.67. The third-order valence-corrected chi connectivity index (χ3v) is 6.34. The lowest BCUT2D eigenvalue weighted by atomic mass is 10.2. The molecule has 0 aliphatic heterocycles. The molecule has 0 aliphatic rings. The van der Waals surface area contributed by atoms with Gasteiger partial charge in [0, 0.05) is 18.7 Å². The zero-order chi connectivity index (χ0) is 21.0. The van der Waals surface area contributed by atoms with Crippen molar-refractivity contribution in [1.82, 2.24) is 14.1 Å². The molecule has 2 aromatic carbocycles. The minimum atomic E-state index is -3.71. The van der Waals surface area contributed by atoms with Gasteiger partial charge >= 0.3 is 0 Å². The van der Waals surface area contributed by atoms with E-state index < -0.39 is 10.0 Å². The van der Waals surface area contributed by atoms with Crippen molar-refractivity contribution >= 4 is 10.0 Å². The van der Waals surface area contributed by atoms with E-state index in [-0.39, 0.29) is 16.7 Å². The molecule has 0 radical (unpaired) electrons. The van der Waals surface area contributed by atoms with Crippen LogP contribution in [0.5, 0.6) is 0 Å². The van der Waals surface area contributed by atoms with Gasteiger partial charge in [-0.3, -0.25) is 0 Å². The summed E-state index contributed by atoms with van der Waals surface area (Å²) in [6, 6.07) is 19.1. The van der Waals surface area contributed by atoms with Gasteiger partial charge in [-0.2, -0.15) is 9.40 Å². The van der Waals surface area contributed by atoms with Crippen LogP contribution in [0.15, 0.2) is 71.8 Å². The van der Waals surface area contributed by atoms with Gasteiger partial charge in [0.1, 0.15) is 10.6 Å². The Hall–Kier alpha value is -2.44. The fourth-order valence-electron chi connectivity index (χ4n) is 3.28. The Labute approximate surface area is 174 Å². The Morgan fingerprint density at radius 1 is 0.862 bits per heavy atom. The quantitative estimate of drug-likeness (QED) is 0.533. The highest BCUT2D eigenvalue weighted by Crippen LogP contribution is 2.30. The van der Waals surface area contributed by atoms with Gasteiger partial charge in [-0.1, -0.05) is 76.2 Å². The average molecular weight is 412 g/mol. The molecule has 29 heavy (non-hydrogen) atoms. The minimum Gasteiger partial charge on any atom is -0.239 e. The summed E-state index contributed by atoms with van der Waals surface area (Å²) in [7, 11) is -3.71. The van der Waals surface area contributed by atoms with Crippen molar-refractivity contribution in [3.05, 3.63) is 66.9 Å². The Balaban J connectivity index is 2.16. The van der Waals surface area contributed by atoms with Crippen LogP contribution in [0.4, 0.5) is 0 Å². The number of para-hydroxylation sites is 1. The first-order chi connectivity index (χ1) is 13.8. The molecular formula is C23H29N3O2S. The lowest BCUT2D eigenvalue weighted by Gasteiger charge is -2.25. The normalized spacial score (nSPS) is 12.2. The predicted molar refractivity (Wildman–Crippen MR) is 117 cm³/mol. The van der Waals surface area contributed by atoms with Gasteiger partial charge < -0.3 is 0 Å². The van der Waals surface area contributed by atoms with Gasteiger partial charge in [0.25, 0.3) is 0 Å². The smallest absolute Gasteiger partial charge is 0.239 e. The number of rotatable bonds is 8. The summed E-state index contributed by atoms with van der Waals surface area (Å²) in [5.74, 6) is 0.459. The van der Waals surface area contributed by atoms with E-state index >= 15 is 0 Å². The van der Waals surface area contributed by atoms with Gasteiger partial charge in [-0.15, -0.1) is 0 Å². The molecule has 0 atom stereocenters. The maximum atomic E-state index is 13.7. The molecular weight excluding hydrogens is 382 g/mol. The first-order valence-electron chi connectivity index (χ1n) is 9.99. The van der Waals surface area contributed by atoms with Crippen molar-refractivity contribution in [2.45, 2.75) is 32.6 Å². The van der Waals surface area contributed by atoms with E-state index in [0.717, 1.165) is 11.3 Å². The Morgan fingerprint density at radius 3 is 1.90 bits per heavy atom. The molecule has 3 aromatic rings. The van der Waals surface area contributed by atoms with Crippen LogP contribution in [0, 0.1) is 11.8 Å². The summed E-state index contributed by atoms with van der Waals surface area (Å²) >= 11 is 0. The van der Waals surface area contributed by atoms with E-state index in [2.05, 4.69) is 5.10 Å². The monoisotopic (exact) mass is 411 g/mol. The summed E-state index contributed by atoms with van der Waals surface area (Å²) in [6.07, 6.45) is 1.64. The van der Waals surface area contributed by atoms with Crippen molar-refractivity contribution in [3.8, 4) is 16.9 Å². The first kappa shape index (κ1) is 21.3. The van der Waals surface area contributed by atoms with Crippen LogP contribution in [0.3, 0.4) is 0 Å². The Kier molecular flexibility index (Phi) is 6.55. The zero-order valence-corrected chi connectivity index (χ0v) is 18.3. The zero-order valence-electron chi connectivity index (χ0n) is 17.5. The highest BCUT2D eigenvalue weighted by Gasteiger charge is 2.31. The van der Waals surface area contributed by atoms with E-state index in [1.165, 1.54) is 0 Å². The lowest BCUT2D eigenvalue weighted by Crippen LogP contribution is -2.37. The maximum absolute atomic E-state index is 13.7. The molecule has 0 saturated carbocycles. The standard InChI is InChI=1S/C23H29N3O2S/c1-18(2)15-25(16-19(3)4)29(27,28)22-17-26(21-13-9-6-10-14-21)24-23(22)20-11-7-5-8-12-20/h5-14,17-19H,15-16H2,1-4H3. The van der Waals surface area contributed by atoms with Crippen LogP contribution in [0.2, 0.25) is 0 Å². The third kappa shape index (κ3) is 4.95. The Bertz CT molecular complexity index is 1020. The van der Waals surface area contributed by atoms with E-state index in [0.29, 0.717) is 18.8 Å². The lowest BCUT2D eigenvalue weighted by molar-refractivity contribution is 0.333. The summed E-state index contributed by atoms with van der Waals surface area (Å²) in [4.78, 5) is 0.244. The average Bonchev–Trinajstić information content (AvgIpc) is 3.14. The molecule has 154 valence electrons. The van der Waals surface area contributed by atoms with Crippen LogP contribution in [-0.4, -0.2) is 35.6 Å². The molecule has 0 saturated heterocycles. The molecule has 5 nitrogen and oxygen atoms in total. The highest BCUT2D eigenvalue weighted by atomic mass is 32.2. The third-order valence-electron chi connectivity index (χ3n) is 4.50. The number of aromatic nitrogens is 2. The van der Waals surface area contributed by atoms with Crippen molar-refractivity contribution in [3.63, 3.8) is 0 Å². The van der Waals surface area contributed by atoms with Crippen LogP contribution >= 0.6 is 0 Å². The van der Waals surface area contributed by atoms with Gasteiger partial charge in [0.15, 0.2) is 0 Å². The molecule has 0 fully saturated rings. The fraction of sp³-hybridized carbons (Fsp3) is 0.348. The second-order valence-electron chi connectivity index (χ2n) is 8.10. The van der Waals surface area contributed by atoms with Crippen LogP contribution < -0.4 is 0 Å². The molecule has 0 amide bonds. The highest BCUT2D eigenvalue weighted by molar-refractivity contribution is 7.89.